The van der Waals surface area contributed by atoms with Gasteiger partial charge in [-0.3, -0.25) is 0 Å². The molecule has 3 aromatic rings. The highest BCUT2D eigenvalue weighted by atomic mass is 16.5. The molecule has 0 atom stereocenters. The largest absolute Gasteiger partial charge is 0.474 e. The fraction of sp³-hybridized carbons (Fsp3) is 0.167. The van der Waals surface area contributed by atoms with Gasteiger partial charge in [0.05, 0.1) is 18.7 Å². The van der Waals surface area contributed by atoms with Crippen LogP contribution < -0.4 is 9.14 Å². The van der Waals surface area contributed by atoms with Crippen LogP contribution in [0.2, 0.25) is 0 Å². The van der Waals surface area contributed by atoms with Gasteiger partial charge >= 0.3 is 17.5 Å². The number of ether oxygens (including phenoxy) is 1. The summed E-state index contributed by atoms with van der Waals surface area (Å²) in [6.07, 6.45) is 1.89. The second kappa shape index (κ2) is 6.42. The number of benzene rings is 1. The van der Waals surface area contributed by atoms with E-state index < -0.39 is 5.97 Å². The lowest BCUT2D eigenvalue weighted by molar-refractivity contribution is -0.514. The number of carbonyl (C=O) groups excluding carboxylic acids is 1. The topological polar surface area (TPSA) is 79.3 Å². The van der Waals surface area contributed by atoms with E-state index in [0.29, 0.717) is 11.4 Å². The first-order valence-corrected chi connectivity index (χ1v) is 7.49. The third-order valence-corrected chi connectivity index (χ3v) is 3.66. The SMILES string of the molecule is Cc1cccc(OC(=O)c2c(O)n(CCC#N)c3cccc[n+]23)c1. The first kappa shape index (κ1) is 15.6. The molecule has 2 aromatic heterocycles. The maximum atomic E-state index is 12.6. The molecule has 0 radical (unpaired) electrons. The fourth-order valence-corrected chi connectivity index (χ4v) is 2.59. The first-order chi connectivity index (χ1) is 11.6. The average molecular weight is 322 g/mol. The van der Waals surface area contributed by atoms with Gasteiger partial charge in [-0.05, 0) is 30.7 Å². The van der Waals surface area contributed by atoms with Gasteiger partial charge in [-0.1, -0.05) is 18.2 Å². The summed E-state index contributed by atoms with van der Waals surface area (Å²) in [5.41, 5.74) is 1.61. The van der Waals surface area contributed by atoms with Gasteiger partial charge in [0.15, 0.2) is 0 Å². The predicted molar refractivity (Wildman–Crippen MR) is 85.6 cm³/mol. The molecule has 24 heavy (non-hydrogen) atoms. The summed E-state index contributed by atoms with van der Waals surface area (Å²) in [5.74, 6) is -0.460. The Balaban J connectivity index is 2.04. The smallest absolute Gasteiger partial charge is 0.392 e. The van der Waals surface area contributed by atoms with Crippen molar-refractivity contribution in [3.05, 3.63) is 59.9 Å². The van der Waals surface area contributed by atoms with Crippen molar-refractivity contribution in [2.45, 2.75) is 19.9 Å². The standard InChI is InChI=1S/C18H15N3O3/c1-13-6-4-7-14(12-13)24-18(23)16-17(22)21(11-5-9-19)15-8-2-3-10-20(15)16/h2-4,6-8,10,12H,5,11H2,1H3/p+1. The molecule has 0 amide bonds. The van der Waals surface area contributed by atoms with E-state index in [1.54, 1.807) is 47.0 Å². The number of aryl methyl sites for hydroxylation is 2. The van der Waals surface area contributed by atoms with Crippen LogP contribution in [0.1, 0.15) is 22.5 Å². The molecule has 0 aliphatic carbocycles. The number of nitrogens with zero attached hydrogens (tertiary/aromatic N) is 3. The number of pyridine rings is 1. The quantitative estimate of drug-likeness (QED) is 0.454. The van der Waals surface area contributed by atoms with Gasteiger partial charge in [0.25, 0.3) is 5.65 Å². The highest BCUT2D eigenvalue weighted by Gasteiger charge is 2.32. The van der Waals surface area contributed by atoms with Gasteiger partial charge in [0, 0.05) is 6.07 Å². The summed E-state index contributed by atoms with van der Waals surface area (Å²) in [4.78, 5) is 12.6. The van der Waals surface area contributed by atoms with Crippen LogP contribution in [-0.2, 0) is 6.54 Å². The van der Waals surface area contributed by atoms with Crippen molar-refractivity contribution in [3.63, 3.8) is 0 Å². The van der Waals surface area contributed by atoms with Crippen LogP contribution in [0.15, 0.2) is 48.7 Å². The zero-order valence-electron chi connectivity index (χ0n) is 13.1. The fourth-order valence-electron chi connectivity index (χ4n) is 2.59. The van der Waals surface area contributed by atoms with Gasteiger partial charge in [-0.25, -0.2) is 4.79 Å². The number of carbonyl (C=O) groups is 1. The highest BCUT2D eigenvalue weighted by Crippen LogP contribution is 2.21. The first-order valence-electron chi connectivity index (χ1n) is 7.49. The van der Waals surface area contributed by atoms with Crippen molar-refractivity contribution in [1.29, 1.82) is 5.26 Å². The second-order valence-electron chi connectivity index (χ2n) is 5.37. The van der Waals surface area contributed by atoms with Crippen molar-refractivity contribution in [2.24, 2.45) is 0 Å². The minimum Gasteiger partial charge on any atom is -0.474 e. The molecule has 0 aliphatic rings. The highest BCUT2D eigenvalue weighted by molar-refractivity contribution is 5.90. The van der Waals surface area contributed by atoms with Gasteiger partial charge in [-0.2, -0.15) is 14.2 Å². The van der Waals surface area contributed by atoms with Crippen molar-refractivity contribution >= 4 is 11.6 Å². The van der Waals surface area contributed by atoms with Crippen LogP contribution in [0.25, 0.3) is 5.65 Å². The lowest BCUT2D eigenvalue weighted by atomic mass is 10.2. The molecule has 3 rings (SSSR count). The third-order valence-electron chi connectivity index (χ3n) is 3.66. The molecule has 0 spiro atoms. The van der Waals surface area contributed by atoms with Crippen LogP contribution in [0, 0.1) is 18.3 Å². The molecule has 0 saturated carbocycles. The molecule has 1 N–H and O–H groups in total. The number of rotatable bonds is 4. The minimum atomic E-state index is -0.657. The molecule has 0 aliphatic heterocycles. The summed E-state index contributed by atoms with van der Waals surface area (Å²) in [5, 5.41) is 19.3. The summed E-state index contributed by atoms with van der Waals surface area (Å²) >= 11 is 0. The molecule has 1 aromatic carbocycles. The molecular weight excluding hydrogens is 306 g/mol. The summed E-state index contributed by atoms with van der Waals surface area (Å²) in [6, 6.07) is 14.5. The van der Waals surface area contributed by atoms with Crippen LogP contribution in [0.5, 0.6) is 11.6 Å². The van der Waals surface area contributed by atoms with Gasteiger partial charge in [0.1, 0.15) is 12.3 Å². The van der Waals surface area contributed by atoms with Crippen LogP contribution >= 0.6 is 0 Å². The van der Waals surface area contributed by atoms with E-state index in [-0.39, 0.29) is 24.5 Å². The number of aromatic nitrogens is 2. The number of hydrogen-bond acceptors (Lipinski definition) is 4. The van der Waals surface area contributed by atoms with Crippen LogP contribution in [-0.4, -0.2) is 15.6 Å². The Morgan fingerprint density at radius 3 is 2.92 bits per heavy atom. The van der Waals surface area contributed by atoms with Crippen LogP contribution in [0.4, 0.5) is 0 Å². The van der Waals surface area contributed by atoms with Crippen LogP contribution in [0.3, 0.4) is 0 Å². The number of hydrogen-bond donors (Lipinski definition) is 1. The van der Waals surface area contributed by atoms with Gasteiger partial charge in [0.2, 0.25) is 0 Å². The second-order valence-corrected chi connectivity index (χ2v) is 5.37. The lowest BCUT2D eigenvalue weighted by Gasteiger charge is -2.02. The number of nitriles is 1. The molecule has 6 heteroatoms. The molecule has 120 valence electrons. The Labute approximate surface area is 138 Å². The van der Waals surface area contributed by atoms with Crippen molar-refractivity contribution in [2.75, 3.05) is 0 Å². The summed E-state index contributed by atoms with van der Waals surface area (Å²) in [7, 11) is 0. The Bertz CT molecular complexity index is 954. The zero-order valence-corrected chi connectivity index (χ0v) is 13.1. The van der Waals surface area contributed by atoms with E-state index >= 15 is 0 Å². The van der Waals surface area contributed by atoms with Gasteiger partial charge < -0.3 is 9.84 Å². The number of fused-ring (bicyclic) bond motifs is 1. The molecule has 0 saturated heterocycles. The molecule has 0 bridgehead atoms. The normalized spacial score (nSPS) is 10.5. The maximum Gasteiger partial charge on any atom is 0.392 e. The Hall–Kier alpha value is -3.33. The summed E-state index contributed by atoms with van der Waals surface area (Å²) < 4.78 is 8.47. The minimum absolute atomic E-state index is 0.0324. The lowest BCUT2D eigenvalue weighted by Crippen LogP contribution is -2.29. The third kappa shape index (κ3) is 2.79. The number of esters is 1. The Morgan fingerprint density at radius 1 is 1.33 bits per heavy atom. The van der Waals surface area contributed by atoms with E-state index in [1.165, 1.54) is 4.57 Å². The molecule has 2 heterocycles. The average Bonchev–Trinajstić information content (AvgIpc) is 2.84. The Kier molecular flexibility index (Phi) is 4.17. The predicted octanol–water partition coefficient (Wildman–Crippen LogP) is 2.37. The number of imidazole rings is 1. The van der Waals surface area contributed by atoms with Crippen molar-refractivity contribution in [3.8, 4) is 17.7 Å². The van der Waals surface area contributed by atoms with E-state index in [1.807, 2.05) is 19.1 Å². The van der Waals surface area contributed by atoms with E-state index in [4.69, 9.17) is 10.00 Å². The molecule has 0 fully saturated rings. The Morgan fingerprint density at radius 2 is 2.17 bits per heavy atom. The molecular formula is C18H16N3O3+. The van der Waals surface area contributed by atoms with Crippen molar-refractivity contribution < 1.29 is 19.0 Å². The molecule has 6 nitrogen and oxygen atoms in total. The number of aromatic hydroxyl groups is 1. The van der Waals surface area contributed by atoms with E-state index in [0.717, 1.165) is 5.56 Å². The van der Waals surface area contributed by atoms with Gasteiger partial charge in [-0.15, -0.1) is 0 Å². The maximum absolute atomic E-state index is 12.6. The van der Waals surface area contributed by atoms with E-state index in [9.17, 15) is 9.90 Å². The summed E-state index contributed by atoms with van der Waals surface area (Å²) in [6.45, 7) is 2.19. The van der Waals surface area contributed by atoms with E-state index in [2.05, 4.69) is 0 Å². The molecule has 0 unspecified atom stereocenters. The van der Waals surface area contributed by atoms with Crippen molar-refractivity contribution in [1.82, 2.24) is 4.57 Å². The monoisotopic (exact) mass is 322 g/mol. The zero-order chi connectivity index (χ0) is 17.1.